The lowest BCUT2D eigenvalue weighted by Gasteiger charge is -2.28. The highest BCUT2D eigenvalue weighted by atomic mass is 19.1. The van der Waals surface area contributed by atoms with Crippen LogP contribution < -0.4 is 16.0 Å². The predicted molar refractivity (Wildman–Crippen MR) is 196 cm³/mol. The normalized spacial score (nSPS) is 13.1. The molecule has 3 amide bonds. The third-order valence-electron chi connectivity index (χ3n) is 7.36. The molecule has 14 heteroatoms. The van der Waals surface area contributed by atoms with Crippen LogP contribution in [0.4, 0.5) is 18.4 Å². The van der Waals surface area contributed by atoms with Crippen LogP contribution in [0.2, 0.25) is 0 Å². The molecule has 0 spiro atoms. The number of hydrogen-bond acceptors (Lipinski definition) is 9. The van der Waals surface area contributed by atoms with Crippen molar-refractivity contribution in [2.45, 2.75) is 97.3 Å². The monoisotopic (exact) mass is 753 g/mol. The summed E-state index contributed by atoms with van der Waals surface area (Å²) in [5, 5.41) is 7.90. The lowest BCUT2D eigenvalue weighted by molar-refractivity contribution is -0.155. The number of carbonyl (C=O) groups is 5. The molecule has 0 saturated heterocycles. The van der Waals surface area contributed by atoms with Crippen molar-refractivity contribution >= 4 is 29.8 Å². The van der Waals surface area contributed by atoms with Gasteiger partial charge in [-0.25, -0.2) is 18.4 Å². The fourth-order valence-electron chi connectivity index (χ4n) is 5.15. The molecule has 54 heavy (non-hydrogen) atoms. The maximum absolute atomic E-state index is 14.5. The summed E-state index contributed by atoms with van der Waals surface area (Å²) in [6.07, 6.45) is -3.61. The second-order valence-electron chi connectivity index (χ2n) is 14.6. The van der Waals surface area contributed by atoms with Gasteiger partial charge in [0.05, 0.1) is 25.3 Å². The van der Waals surface area contributed by atoms with Gasteiger partial charge in [0.15, 0.2) is 11.9 Å². The molecule has 3 rings (SSSR count). The van der Waals surface area contributed by atoms with Crippen LogP contribution in [0.1, 0.15) is 75.5 Å². The molecular formula is C40H49F2N3O9. The van der Waals surface area contributed by atoms with Crippen LogP contribution in [0.15, 0.2) is 72.8 Å². The van der Waals surface area contributed by atoms with Gasteiger partial charge in [-0.1, -0.05) is 42.5 Å². The van der Waals surface area contributed by atoms with E-state index in [0.717, 1.165) is 30.7 Å². The fourth-order valence-corrected chi connectivity index (χ4v) is 5.15. The Morgan fingerprint density at radius 1 is 0.759 bits per heavy atom. The van der Waals surface area contributed by atoms with Crippen LogP contribution in [0.3, 0.4) is 0 Å². The number of hydrogen-bond donors (Lipinski definition) is 3. The van der Waals surface area contributed by atoms with Crippen molar-refractivity contribution in [2.24, 2.45) is 0 Å². The van der Waals surface area contributed by atoms with E-state index in [4.69, 9.17) is 18.9 Å². The van der Waals surface area contributed by atoms with E-state index in [1.165, 1.54) is 12.1 Å². The third-order valence-corrected chi connectivity index (χ3v) is 7.36. The van der Waals surface area contributed by atoms with Gasteiger partial charge in [0.1, 0.15) is 22.8 Å². The average molecular weight is 754 g/mol. The number of ketones is 1. The van der Waals surface area contributed by atoms with Gasteiger partial charge in [-0.15, -0.1) is 0 Å². The number of rotatable bonds is 16. The molecule has 12 nitrogen and oxygen atoms in total. The van der Waals surface area contributed by atoms with Gasteiger partial charge in [0.2, 0.25) is 0 Å². The molecule has 0 fully saturated rings. The van der Waals surface area contributed by atoms with Crippen molar-refractivity contribution in [3.63, 3.8) is 0 Å². The van der Waals surface area contributed by atoms with Gasteiger partial charge >= 0.3 is 18.2 Å². The van der Waals surface area contributed by atoms with E-state index in [9.17, 15) is 32.8 Å². The molecule has 3 aromatic carbocycles. The molecule has 0 radical (unpaired) electrons. The Hall–Kier alpha value is -5.37. The first-order valence-corrected chi connectivity index (χ1v) is 17.4. The molecule has 0 heterocycles. The van der Waals surface area contributed by atoms with Crippen LogP contribution >= 0.6 is 0 Å². The first kappa shape index (κ1) is 43.0. The number of benzene rings is 3. The highest BCUT2D eigenvalue weighted by molar-refractivity contribution is 5.95. The van der Waals surface area contributed by atoms with Gasteiger partial charge < -0.3 is 34.9 Å². The van der Waals surface area contributed by atoms with Crippen molar-refractivity contribution in [1.29, 1.82) is 0 Å². The molecular weight excluding hydrogens is 704 g/mol. The quantitative estimate of drug-likeness (QED) is 0.118. The molecule has 0 aliphatic heterocycles. The summed E-state index contributed by atoms with van der Waals surface area (Å²) >= 11 is 0. The summed E-state index contributed by atoms with van der Waals surface area (Å²) in [5.74, 6) is -3.30. The first-order valence-electron chi connectivity index (χ1n) is 17.4. The molecule has 0 aliphatic rings. The van der Waals surface area contributed by atoms with Gasteiger partial charge in [-0.05, 0) is 95.0 Å². The third kappa shape index (κ3) is 15.7. The second kappa shape index (κ2) is 19.6. The number of halogens is 2. The minimum atomic E-state index is -1.48. The maximum atomic E-state index is 14.5. The minimum Gasteiger partial charge on any atom is -0.452 e. The van der Waals surface area contributed by atoms with Crippen molar-refractivity contribution in [2.75, 3.05) is 13.2 Å². The Labute approximate surface area is 314 Å². The van der Waals surface area contributed by atoms with E-state index >= 15 is 0 Å². The summed E-state index contributed by atoms with van der Waals surface area (Å²) in [7, 11) is 0. The van der Waals surface area contributed by atoms with Gasteiger partial charge in [0, 0.05) is 25.5 Å². The second-order valence-corrected chi connectivity index (χ2v) is 14.6. The molecule has 292 valence electrons. The van der Waals surface area contributed by atoms with E-state index in [1.807, 2.05) is 30.3 Å². The zero-order chi connectivity index (χ0) is 40.1. The topological polar surface area (TPSA) is 158 Å². The van der Waals surface area contributed by atoms with E-state index in [-0.39, 0.29) is 43.7 Å². The summed E-state index contributed by atoms with van der Waals surface area (Å²) < 4.78 is 50.4. The number of ether oxygens (including phenoxy) is 4. The van der Waals surface area contributed by atoms with E-state index < -0.39 is 70.9 Å². The van der Waals surface area contributed by atoms with Crippen LogP contribution in [0.25, 0.3) is 0 Å². The average Bonchev–Trinajstić information content (AvgIpc) is 3.06. The van der Waals surface area contributed by atoms with E-state index in [1.54, 1.807) is 53.7 Å². The van der Waals surface area contributed by atoms with Crippen LogP contribution in [-0.4, -0.2) is 72.4 Å². The Balaban J connectivity index is 1.77. The number of amides is 3. The van der Waals surface area contributed by atoms with Crippen molar-refractivity contribution in [3.8, 4) is 0 Å². The zero-order valence-electron chi connectivity index (χ0n) is 31.6. The molecule has 0 saturated carbocycles. The van der Waals surface area contributed by atoms with Crippen molar-refractivity contribution < 1.29 is 51.7 Å². The molecule has 3 atom stereocenters. The van der Waals surface area contributed by atoms with Gasteiger partial charge in [0.25, 0.3) is 5.91 Å². The highest BCUT2D eigenvalue weighted by Gasteiger charge is 2.34. The van der Waals surface area contributed by atoms with Gasteiger partial charge in [-0.2, -0.15) is 0 Å². The Morgan fingerprint density at radius 2 is 1.39 bits per heavy atom. The zero-order valence-corrected chi connectivity index (χ0v) is 31.6. The minimum absolute atomic E-state index is 0.0157. The number of nitrogens with one attached hydrogen (secondary N) is 3. The number of alkyl carbamates (subject to hydrolysis) is 2. The lowest BCUT2D eigenvalue weighted by Crippen LogP contribution is -2.52. The summed E-state index contributed by atoms with van der Waals surface area (Å²) in [5.41, 5.74) is -0.341. The largest absolute Gasteiger partial charge is 0.452 e. The maximum Gasteiger partial charge on any atom is 0.408 e. The first-order chi connectivity index (χ1) is 25.3. The molecule has 1 unspecified atom stereocenters. The lowest BCUT2D eigenvalue weighted by atomic mass is 9.99. The number of Topliss-reactive ketones (excluding diaryl/α,β-unsaturated/α-hetero) is 1. The Kier molecular flexibility index (Phi) is 15.6. The SMILES string of the molecule is CC(=O)O[C@H](C(=O)Cc1cccc(C(=O)NCC(Cc2cc(F)ccc2F)NC(=O)OC(C)(C)C)c1)[C@@H](COCc1ccccc1)NC(=O)OC(C)(C)C. The smallest absolute Gasteiger partial charge is 0.408 e. The van der Waals surface area contributed by atoms with Crippen LogP contribution in [0, 0.1) is 11.6 Å². The Bertz CT molecular complexity index is 1760. The summed E-state index contributed by atoms with van der Waals surface area (Å²) in [6.45, 7) is 10.9. The van der Waals surface area contributed by atoms with E-state index in [2.05, 4.69) is 16.0 Å². The van der Waals surface area contributed by atoms with E-state index in [0.29, 0.717) is 5.56 Å². The summed E-state index contributed by atoms with van der Waals surface area (Å²) in [6, 6.07) is 16.2. The van der Waals surface area contributed by atoms with Crippen LogP contribution in [-0.2, 0) is 48.0 Å². The fraction of sp³-hybridized carbons (Fsp3) is 0.425. The molecule has 0 aromatic heterocycles. The predicted octanol–water partition coefficient (Wildman–Crippen LogP) is 5.98. The molecule has 0 bridgehead atoms. The number of carbonyl (C=O) groups excluding carboxylic acids is 5. The van der Waals surface area contributed by atoms with Crippen molar-refractivity contribution in [3.05, 3.63) is 107 Å². The summed E-state index contributed by atoms with van der Waals surface area (Å²) in [4.78, 5) is 64.7. The number of esters is 1. The highest BCUT2D eigenvalue weighted by Crippen LogP contribution is 2.16. The van der Waals surface area contributed by atoms with Crippen molar-refractivity contribution in [1.82, 2.24) is 16.0 Å². The standard InChI is InChI=1S/C40H49F2N3O9/c1-25(46)52-35(33(45-38(50)54-40(5,6)7)24-51-23-26-12-9-8-10-13-26)34(47)19-27-14-11-15-28(18-27)36(48)43-22-31(44-37(49)53-39(2,3)4)21-29-20-30(41)16-17-32(29)42/h8-18,20,31,33,35H,19,21-24H2,1-7H3,(H,43,48)(H,44,49)(H,45,50)/t31?,33-,35+/m1/s1. The molecule has 3 N–H and O–H groups in total. The van der Waals surface area contributed by atoms with Gasteiger partial charge in [-0.3, -0.25) is 14.4 Å². The Morgan fingerprint density at radius 3 is 2.02 bits per heavy atom. The molecule has 0 aliphatic carbocycles. The van der Waals surface area contributed by atoms with Crippen LogP contribution in [0.5, 0.6) is 0 Å². The molecule has 3 aromatic rings.